The zero-order valence-corrected chi connectivity index (χ0v) is 15.2. The standard InChI is InChI=1S/C21H18BrNO2/c22-18-9-4-8-17(14-18)21(24)23-19-10-5-11-20(15-19)25-13-12-16-6-2-1-3-7-16/h1-11,14-15H,12-13H2,(H,23,24). The van der Waals surface area contributed by atoms with Crippen LogP contribution in [0.15, 0.2) is 83.3 Å². The van der Waals surface area contributed by atoms with Crippen LogP contribution in [0.25, 0.3) is 0 Å². The lowest BCUT2D eigenvalue weighted by Gasteiger charge is -2.09. The highest BCUT2D eigenvalue weighted by molar-refractivity contribution is 9.10. The fraction of sp³-hybridized carbons (Fsp3) is 0.0952. The van der Waals surface area contributed by atoms with E-state index < -0.39 is 0 Å². The van der Waals surface area contributed by atoms with E-state index >= 15 is 0 Å². The Labute approximate surface area is 155 Å². The molecule has 3 nitrogen and oxygen atoms in total. The van der Waals surface area contributed by atoms with Gasteiger partial charge in [-0.05, 0) is 35.9 Å². The molecular weight excluding hydrogens is 378 g/mol. The van der Waals surface area contributed by atoms with Gasteiger partial charge >= 0.3 is 0 Å². The Bertz CT molecular complexity index is 849. The molecule has 0 aliphatic carbocycles. The van der Waals surface area contributed by atoms with E-state index in [1.54, 1.807) is 12.1 Å². The summed E-state index contributed by atoms with van der Waals surface area (Å²) in [5, 5.41) is 2.89. The number of rotatable bonds is 6. The van der Waals surface area contributed by atoms with Gasteiger partial charge in [-0.2, -0.15) is 0 Å². The first kappa shape index (κ1) is 17.2. The van der Waals surface area contributed by atoms with Crippen molar-refractivity contribution < 1.29 is 9.53 Å². The van der Waals surface area contributed by atoms with Gasteiger partial charge in [-0.25, -0.2) is 0 Å². The molecule has 0 fully saturated rings. The average molecular weight is 396 g/mol. The van der Waals surface area contributed by atoms with Gasteiger partial charge in [0.15, 0.2) is 0 Å². The minimum atomic E-state index is -0.150. The molecule has 1 N–H and O–H groups in total. The number of halogens is 1. The number of amides is 1. The molecule has 0 unspecified atom stereocenters. The number of ether oxygens (including phenoxy) is 1. The second kappa shape index (κ2) is 8.49. The first-order valence-corrected chi connectivity index (χ1v) is 8.84. The molecule has 4 heteroatoms. The molecule has 0 aliphatic rings. The predicted molar refractivity (Wildman–Crippen MR) is 104 cm³/mol. The van der Waals surface area contributed by atoms with Crippen LogP contribution in [0.3, 0.4) is 0 Å². The Morgan fingerprint density at radius 2 is 1.72 bits per heavy atom. The van der Waals surface area contributed by atoms with Crippen molar-refractivity contribution in [3.63, 3.8) is 0 Å². The quantitative estimate of drug-likeness (QED) is 0.612. The molecule has 0 aromatic heterocycles. The predicted octanol–water partition coefficient (Wildman–Crippen LogP) is 5.32. The third-order valence-corrected chi connectivity index (χ3v) is 4.17. The van der Waals surface area contributed by atoms with Crippen molar-refractivity contribution in [2.45, 2.75) is 6.42 Å². The average Bonchev–Trinajstić information content (AvgIpc) is 2.63. The molecule has 0 radical (unpaired) electrons. The highest BCUT2D eigenvalue weighted by Crippen LogP contribution is 2.19. The minimum absolute atomic E-state index is 0.150. The topological polar surface area (TPSA) is 38.3 Å². The van der Waals surface area contributed by atoms with Gasteiger partial charge in [0, 0.05) is 28.2 Å². The van der Waals surface area contributed by atoms with Crippen LogP contribution < -0.4 is 10.1 Å². The molecule has 1 amide bonds. The largest absolute Gasteiger partial charge is 0.493 e. The fourth-order valence-corrected chi connectivity index (χ4v) is 2.83. The Balaban J connectivity index is 1.58. The second-order valence-corrected chi connectivity index (χ2v) is 6.49. The Kier molecular flexibility index (Phi) is 5.86. The van der Waals surface area contributed by atoms with Gasteiger partial charge in [-0.3, -0.25) is 4.79 Å². The van der Waals surface area contributed by atoms with E-state index in [2.05, 4.69) is 33.4 Å². The van der Waals surface area contributed by atoms with Crippen LogP contribution in [0, 0.1) is 0 Å². The van der Waals surface area contributed by atoms with E-state index in [1.165, 1.54) is 5.56 Å². The first-order chi connectivity index (χ1) is 12.2. The summed E-state index contributed by atoms with van der Waals surface area (Å²) in [5.41, 5.74) is 2.55. The summed E-state index contributed by atoms with van der Waals surface area (Å²) in [5.74, 6) is 0.589. The molecule has 0 saturated heterocycles. The van der Waals surface area contributed by atoms with E-state index in [1.807, 2.05) is 54.6 Å². The maximum atomic E-state index is 12.3. The van der Waals surface area contributed by atoms with Crippen molar-refractivity contribution in [3.05, 3.63) is 94.5 Å². The van der Waals surface area contributed by atoms with Gasteiger partial charge in [-0.15, -0.1) is 0 Å². The minimum Gasteiger partial charge on any atom is -0.493 e. The number of benzene rings is 3. The van der Waals surface area contributed by atoms with Crippen LogP contribution in [0.2, 0.25) is 0 Å². The Hall–Kier alpha value is -2.59. The fourth-order valence-electron chi connectivity index (χ4n) is 2.43. The highest BCUT2D eigenvalue weighted by Gasteiger charge is 2.07. The van der Waals surface area contributed by atoms with Crippen LogP contribution in [-0.2, 0) is 6.42 Å². The number of nitrogens with one attached hydrogen (secondary N) is 1. The van der Waals surface area contributed by atoms with Gasteiger partial charge in [-0.1, -0.05) is 58.4 Å². The molecule has 3 rings (SSSR count). The SMILES string of the molecule is O=C(Nc1cccc(OCCc2ccccc2)c1)c1cccc(Br)c1. The van der Waals surface area contributed by atoms with E-state index in [-0.39, 0.29) is 5.91 Å². The number of carbonyl (C=O) groups is 1. The van der Waals surface area contributed by atoms with Gasteiger partial charge in [0.25, 0.3) is 5.91 Å². The summed E-state index contributed by atoms with van der Waals surface area (Å²) in [6, 6.07) is 24.9. The van der Waals surface area contributed by atoms with E-state index in [0.717, 1.165) is 16.6 Å². The van der Waals surface area contributed by atoms with Crippen LogP contribution >= 0.6 is 15.9 Å². The smallest absolute Gasteiger partial charge is 0.255 e. The van der Waals surface area contributed by atoms with Crippen LogP contribution in [-0.4, -0.2) is 12.5 Å². The van der Waals surface area contributed by atoms with Crippen molar-refractivity contribution in [2.24, 2.45) is 0 Å². The summed E-state index contributed by atoms with van der Waals surface area (Å²) >= 11 is 3.38. The van der Waals surface area contributed by atoms with Crippen molar-refractivity contribution in [2.75, 3.05) is 11.9 Å². The monoisotopic (exact) mass is 395 g/mol. The zero-order chi connectivity index (χ0) is 17.5. The third-order valence-electron chi connectivity index (χ3n) is 3.68. The number of hydrogen-bond acceptors (Lipinski definition) is 2. The molecule has 126 valence electrons. The lowest BCUT2D eigenvalue weighted by molar-refractivity contribution is 0.102. The number of carbonyl (C=O) groups excluding carboxylic acids is 1. The summed E-state index contributed by atoms with van der Waals surface area (Å²) in [6.07, 6.45) is 0.843. The maximum absolute atomic E-state index is 12.3. The van der Waals surface area contributed by atoms with Crippen molar-refractivity contribution in [3.8, 4) is 5.75 Å². The van der Waals surface area contributed by atoms with Crippen LogP contribution in [0.4, 0.5) is 5.69 Å². The van der Waals surface area contributed by atoms with Gasteiger partial charge in [0.2, 0.25) is 0 Å². The molecule has 0 spiro atoms. The van der Waals surface area contributed by atoms with E-state index in [9.17, 15) is 4.79 Å². The van der Waals surface area contributed by atoms with Crippen LogP contribution in [0.5, 0.6) is 5.75 Å². The Morgan fingerprint density at radius 3 is 2.52 bits per heavy atom. The lowest BCUT2D eigenvalue weighted by Crippen LogP contribution is -2.11. The molecule has 0 heterocycles. The molecule has 0 saturated carbocycles. The second-order valence-electron chi connectivity index (χ2n) is 5.58. The number of hydrogen-bond donors (Lipinski definition) is 1. The highest BCUT2D eigenvalue weighted by atomic mass is 79.9. The first-order valence-electron chi connectivity index (χ1n) is 8.04. The number of anilines is 1. The molecule has 0 bridgehead atoms. The maximum Gasteiger partial charge on any atom is 0.255 e. The zero-order valence-electron chi connectivity index (χ0n) is 13.6. The lowest BCUT2D eigenvalue weighted by atomic mass is 10.2. The summed E-state index contributed by atoms with van der Waals surface area (Å²) in [7, 11) is 0. The molecule has 0 atom stereocenters. The Morgan fingerprint density at radius 1 is 0.920 bits per heavy atom. The van der Waals surface area contributed by atoms with Crippen molar-refractivity contribution >= 4 is 27.5 Å². The van der Waals surface area contributed by atoms with Gasteiger partial charge in [0.05, 0.1) is 6.61 Å². The third kappa shape index (κ3) is 5.19. The van der Waals surface area contributed by atoms with Gasteiger partial charge < -0.3 is 10.1 Å². The molecule has 0 aliphatic heterocycles. The molecule has 3 aromatic carbocycles. The normalized spacial score (nSPS) is 10.3. The van der Waals surface area contributed by atoms with Crippen LogP contribution in [0.1, 0.15) is 15.9 Å². The molecule has 3 aromatic rings. The van der Waals surface area contributed by atoms with E-state index in [0.29, 0.717) is 17.9 Å². The van der Waals surface area contributed by atoms with Crippen molar-refractivity contribution in [1.82, 2.24) is 0 Å². The summed E-state index contributed by atoms with van der Waals surface area (Å²) in [4.78, 5) is 12.3. The van der Waals surface area contributed by atoms with E-state index in [4.69, 9.17) is 4.74 Å². The summed E-state index contributed by atoms with van der Waals surface area (Å²) < 4.78 is 6.67. The van der Waals surface area contributed by atoms with Crippen molar-refractivity contribution in [1.29, 1.82) is 0 Å². The molecule has 25 heavy (non-hydrogen) atoms. The summed E-state index contributed by atoms with van der Waals surface area (Å²) in [6.45, 7) is 0.590. The van der Waals surface area contributed by atoms with Gasteiger partial charge in [0.1, 0.15) is 5.75 Å². The molecular formula is C21H18BrNO2.